The van der Waals surface area contributed by atoms with Gasteiger partial charge in [-0.2, -0.15) is 0 Å². The van der Waals surface area contributed by atoms with Gasteiger partial charge in [-0.05, 0) is 43.7 Å². The number of nitrogens with one attached hydrogen (secondary N) is 2. The predicted molar refractivity (Wildman–Crippen MR) is 94.6 cm³/mol. The maximum atomic E-state index is 12.0. The fourth-order valence-electron chi connectivity index (χ4n) is 2.49. The molecule has 1 heterocycles. The minimum Gasteiger partial charge on any atom is -0.484 e. The van der Waals surface area contributed by atoms with Gasteiger partial charge in [0.15, 0.2) is 6.61 Å². The van der Waals surface area contributed by atoms with Crippen LogP contribution < -0.4 is 15.6 Å². The predicted octanol–water partition coefficient (Wildman–Crippen LogP) is 3.16. The van der Waals surface area contributed by atoms with Crippen LogP contribution in [0, 0.1) is 13.8 Å². The molecule has 0 aliphatic rings. The van der Waals surface area contributed by atoms with Crippen molar-refractivity contribution in [1.29, 1.82) is 0 Å². The van der Waals surface area contributed by atoms with E-state index in [0.29, 0.717) is 17.0 Å². The van der Waals surface area contributed by atoms with Crippen LogP contribution in [0.3, 0.4) is 0 Å². The van der Waals surface area contributed by atoms with Crippen molar-refractivity contribution in [2.45, 2.75) is 13.8 Å². The van der Waals surface area contributed by atoms with Crippen molar-refractivity contribution in [3.05, 3.63) is 70.0 Å². The number of fused-ring (bicyclic) bond motifs is 1. The molecule has 1 amide bonds. The molecule has 3 aromatic rings. The third-order valence-electron chi connectivity index (χ3n) is 3.72. The molecule has 0 saturated carbocycles. The van der Waals surface area contributed by atoms with Gasteiger partial charge in [0.2, 0.25) is 5.56 Å². The van der Waals surface area contributed by atoms with Gasteiger partial charge in [-0.3, -0.25) is 9.59 Å². The molecule has 0 aliphatic carbocycles. The number of benzene rings is 2. The summed E-state index contributed by atoms with van der Waals surface area (Å²) < 4.78 is 5.45. The molecule has 2 aromatic carbocycles. The summed E-state index contributed by atoms with van der Waals surface area (Å²) in [4.78, 5) is 26.3. The Balaban J connectivity index is 1.69. The van der Waals surface area contributed by atoms with Crippen molar-refractivity contribution < 1.29 is 9.53 Å². The van der Waals surface area contributed by atoms with E-state index in [1.807, 2.05) is 44.2 Å². The molecule has 122 valence electrons. The molecular formula is C19H18N2O3. The highest BCUT2D eigenvalue weighted by molar-refractivity contribution is 5.94. The topological polar surface area (TPSA) is 71.2 Å². The molecule has 0 bridgehead atoms. The van der Waals surface area contributed by atoms with E-state index in [4.69, 9.17) is 4.74 Å². The molecule has 5 heteroatoms. The maximum absolute atomic E-state index is 12.0. The van der Waals surface area contributed by atoms with Crippen molar-refractivity contribution in [1.82, 2.24) is 4.98 Å². The number of ether oxygens (including phenoxy) is 1. The fraction of sp³-hybridized carbons (Fsp3) is 0.158. The lowest BCUT2D eigenvalue weighted by Gasteiger charge is -2.09. The fourth-order valence-corrected chi connectivity index (χ4v) is 2.49. The van der Waals surface area contributed by atoms with Gasteiger partial charge in [-0.15, -0.1) is 0 Å². The van der Waals surface area contributed by atoms with Crippen LogP contribution >= 0.6 is 0 Å². The van der Waals surface area contributed by atoms with Crippen LogP contribution in [0.25, 0.3) is 10.9 Å². The Hall–Kier alpha value is -3.08. The Kier molecular flexibility index (Phi) is 4.33. The molecule has 0 spiro atoms. The van der Waals surface area contributed by atoms with Crippen LogP contribution in [-0.2, 0) is 4.79 Å². The summed E-state index contributed by atoms with van der Waals surface area (Å²) in [5, 5.41) is 3.72. The zero-order chi connectivity index (χ0) is 17.1. The summed E-state index contributed by atoms with van der Waals surface area (Å²) in [6.07, 6.45) is 0. The van der Waals surface area contributed by atoms with Gasteiger partial charge in [-0.25, -0.2) is 0 Å². The largest absolute Gasteiger partial charge is 0.484 e. The summed E-state index contributed by atoms with van der Waals surface area (Å²) >= 11 is 0. The van der Waals surface area contributed by atoms with Gasteiger partial charge in [0.25, 0.3) is 5.91 Å². The smallest absolute Gasteiger partial charge is 0.262 e. The third-order valence-corrected chi connectivity index (χ3v) is 3.72. The number of hydrogen-bond donors (Lipinski definition) is 2. The number of rotatable bonds is 4. The van der Waals surface area contributed by atoms with E-state index in [1.54, 1.807) is 18.2 Å². The van der Waals surface area contributed by atoms with E-state index >= 15 is 0 Å². The summed E-state index contributed by atoms with van der Waals surface area (Å²) in [6, 6.07) is 14.5. The molecular weight excluding hydrogens is 304 g/mol. The quantitative estimate of drug-likeness (QED) is 0.775. The van der Waals surface area contributed by atoms with Gasteiger partial charge in [0.05, 0.1) is 5.52 Å². The van der Waals surface area contributed by atoms with E-state index in [-0.39, 0.29) is 18.1 Å². The number of aromatic nitrogens is 1. The first-order chi connectivity index (χ1) is 11.5. The maximum Gasteiger partial charge on any atom is 0.262 e. The normalized spacial score (nSPS) is 10.6. The minimum absolute atomic E-state index is 0.0779. The van der Waals surface area contributed by atoms with Gasteiger partial charge < -0.3 is 15.0 Å². The molecule has 5 nitrogen and oxygen atoms in total. The second-order valence-corrected chi connectivity index (χ2v) is 5.73. The van der Waals surface area contributed by atoms with Gasteiger partial charge in [0, 0.05) is 17.1 Å². The highest BCUT2D eigenvalue weighted by atomic mass is 16.5. The van der Waals surface area contributed by atoms with E-state index in [1.165, 1.54) is 0 Å². The number of aromatic amines is 1. The molecule has 0 radical (unpaired) electrons. The number of hydrogen-bond acceptors (Lipinski definition) is 3. The lowest BCUT2D eigenvalue weighted by molar-refractivity contribution is -0.118. The Morgan fingerprint density at radius 1 is 1.08 bits per heavy atom. The second-order valence-electron chi connectivity index (χ2n) is 5.73. The lowest BCUT2D eigenvalue weighted by atomic mass is 10.1. The average Bonchev–Trinajstić information content (AvgIpc) is 2.54. The Morgan fingerprint density at radius 2 is 1.83 bits per heavy atom. The first-order valence-electron chi connectivity index (χ1n) is 7.64. The molecule has 0 atom stereocenters. The molecule has 3 rings (SSSR count). The first-order valence-corrected chi connectivity index (χ1v) is 7.64. The van der Waals surface area contributed by atoms with E-state index < -0.39 is 0 Å². The number of carbonyl (C=O) groups is 1. The minimum atomic E-state index is -0.259. The van der Waals surface area contributed by atoms with E-state index in [9.17, 15) is 9.59 Å². The van der Waals surface area contributed by atoms with Crippen LogP contribution in [0.5, 0.6) is 5.75 Å². The van der Waals surface area contributed by atoms with Gasteiger partial charge >= 0.3 is 0 Å². The summed E-state index contributed by atoms with van der Waals surface area (Å²) in [5.41, 5.74) is 3.17. The molecule has 1 aromatic heterocycles. The monoisotopic (exact) mass is 322 g/mol. The molecule has 0 saturated heterocycles. The third kappa shape index (κ3) is 3.63. The van der Waals surface area contributed by atoms with Crippen LogP contribution in [0.1, 0.15) is 11.1 Å². The highest BCUT2D eigenvalue weighted by Crippen LogP contribution is 2.19. The number of carbonyl (C=O) groups excluding carboxylic acids is 1. The molecule has 0 unspecified atom stereocenters. The van der Waals surface area contributed by atoms with E-state index in [2.05, 4.69) is 10.3 Å². The molecule has 0 fully saturated rings. The van der Waals surface area contributed by atoms with Crippen molar-refractivity contribution in [3.63, 3.8) is 0 Å². The van der Waals surface area contributed by atoms with Crippen molar-refractivity contribution in [2.75, 3.05) is 11.9 Å². The zero-order valence-electron chi connectivity index (χ0n) is 13.6. The van der Waals surface area contributed by atoms with Crippen LogP contribution in [0.4, 0.5) is 5.69 Å². The molecule has 0 aliphatic heterocycles. The summed E-state index contributed by atoms with van der Waals surface area (Å²) in [5.74, 6) is 0.388. The number of anilines is 1. The van der Waals surface area contributed by atoms with Crippen LogP contribution in [-0.4, -0.2) is 17.5 Å². The highest BCUT2D eigenvalue weighted by Gasteiger charge is 2.06. The Labute approximate surface area is 139 Å². The number of aryl methyl sites for hydroxylation is 2. The van der Waals surface area contributed by atoms with Gasteiger partial charge in [0.1, 0.15) is 5.75 Å². The lowest BCUT2D eigenvalue weighted by Crippen LogP contribution is -2.20. The second kappa shape index (κ2) is 6.58. The Bertz CT molecular complexity index is 943. The average molecular weight is 322 g/mol. The first kappa shape index (κ1) is 15.8. The number of pyridine rings is 1. The van der Waals surface area contributed by atoms with Crippen molar-refractivity contribution in [3.8, 4) is 5.75 Å². The van der Waals surface area contributed by atoms with E-state index in [0.717, 1.165) is 16.5 Å². The van der Waals surface area contributed by atoms with Gasteiger partial charge in [-0.1, -0.05) is 23.8 Å². The van der Waals surface area contributed by atoms with Crippen LogP contribution in [0.15, 0.2) is 53.3 Å². The number of amides is 1. The molecule has 24 heavy (non-hydrogen) atoms. The summed E-state index contributed by atoms with van der Waals surface area (Å²) in [7, 11) is 0. The standard InChI is InChI=1S/C19H18N2O3/c1-12-3-6-15(7-4-12)24-11-19(23)20-14-5-8-16-13(2)9-18(22)21-17(16)10-14/h3-10H,11H2,1-2H3,(H,20,23)(H,21,22). The zero-order valence-corrected chi connectivity index (χ0v) is 13.6. The number of H-pyrrole nitrogens is 1. The SMILES string of the molecule is Cc1ccc(OCC(=O)Nc2ccc3c(C)cc(=O)[nH]c3c2)cc1. The summed E-state index contributed by atoms with van der Waals surface area (Å²) in [6.45, 7) is 3.79. The Morgan fingerprint density at radius 3 is 2.58 bits per heavy atom. The van der Waals surface area contributed by atoms with Crippen molar-refractivity contribution in [2.24, 2.45) is 0 Å². The van der Waals surface area contributed by atoms with Crippen LogP contribution in [0.2, 0.25) is 0 Å². The van der Waals surface area contributed by atoms with Crippen molar-refractivity contribution >= 4 is 22.5 Å². The molecule has 2 N–H and O–H groups in total.